The first-order valence-electron chi connectivity index (χ1n) is 7.75. The monoisotopic (exact) mass is 304 g/mol. The van der Waals surface area contributed by atoms with Crippen molar-refractivity contribution in [3.05, 3.63) is 0 Å². The van der Waals surface area contributed by atoms with Gasteiger partial charge in [0.1, 0.15) is 0 Å². The summed E-state index contributed by atoms with van der Waals surface area (Å²) in [7, 11) is 1.72. The summed E-state index contributed by atoms with van der Waals surface area (Å²) in [4.78, 5) is 12.5. The van der Waals surface area contributed by atoms with Crippen molar-refractivity contribution in [3.8, 4) is 0 Å². The molecule has 0 radical (unpaired) electrons. The average Bonchev–Trinajstić information content (AvgIpc) is 2.94. The molecule has 1 amide bonds. The van der Waals surface area contributed by atoms with Crippen molar-refractivity contribution in [3.63, 3.8) is 0 Å². The maximum atomic E-state index is 12.5. The van der Waals surface area contributed by atoms with Gasteiger partial charge >= 0.3 is 0 Å². The zero-order valence-electron chi connectivity index (χ0n) is 12.6. The van der Waals surface area contributed by atoms with Gasteiger partial charge in [-0.2, -0.15) is 0 Å². The maximum absolute atomic E-state index is 12.5. The van der Waals surface area contributed by atoms with E-state index in [1.165, 1.54) is 25.7 Å². The van der Waals surface area contributed by atoms with Crippen LogP contribution in [-0.2, 0) is 9.53 Å². The van der Waals surface area contributed by atoms with Gasteiger partial charge in [0.2, 0.25) is 5.91 Å². The molecule has 1 unspecified atom stereocenters. The summed E-state index contributed by atoms with van der Waals surface area (Å²) in [5.41, 5.74) is -0.141. The maximum Gasteiger partial charge on any atom is 0.226 e. The first-order chi connectivity index (χ1) is 9.27. The largest absolute Gasteiger partial charge is 0.385 e. The van der Waals surface area contributed by atoms with Crippen LogP contribution in [0.5, 0.6) is 0 Å². The standard InChI is InChI=1S/C15H28N2O2.ClH/c1-19-10-8-15(6-2-3-7-15)14(18)17-12-13-5-4-9-16-11-13;/h13,16H,2-12H2,1H3,(H,17,18);1H. The highest BCUT2D eigenvalue weighted by molar-refractivity contribution is 5.85. The Morgan fingerprint density at radius 3 is 2.70 bits per heavy atom. The van der Waals surface area contributed by atoms with Crippen molar-refractivity contribution in [2.75, 3.05) is 33.4 Å². The fourth-order valence-electron chi connectivity index (χ4n) is 3.46. The van der Waals surface area contributed by atoms with Crippen LogP contribution in [-0.4, -0.2) is 39.3 Å². The third-order valence-electron chi connectivity index (χ3n) is 4.78. The molecule has 118 valence electrons. The van der Waals surface area contributed by atoms with Crippen LogP contribution in [0.1, 0.15) is 44.9 Å². The third-order valence-corrected chi connectivity index (χ3v) is 4.78. The molecule has 20 heavy (non-hydrogen) atoms. The first kappa shape index (κ1) is 17.7. The van der Waals surface area contributed by atoms with Gasteiger partial charge in [-0.1, -0.05) is 12.8 Å². The lowest BCUT2D eigenvalue weighted by Crippen LogP contribution is -2.44. The number of nitrogens with one attached hydrogen (secondary N) is 2. The molecule has 0 bridgehead atoms. The fourth-order valence-corrected chi connectivity index (χ4v) is 3.46. The molecule has 1 saturated carbocycles. The van der Waals surface area contributed by atoms with Crippen molar-refractivity contribution in [2.45, 2.75) is 44.9 Å². The smallest absolute Gasteiger partial charge is 0.226 e. The molecular formula is C15H29ClN2O2. The number of carbonyl (C=O) groups is 1. The van der Waals surface area contributed by atoms with Crippen molar-refractivity contribution >= 4 is 18.3 Å². The Labute approximate surface area is 128 Å². The van der Waals surface area contributed by atoms with Crippen LogP contribution >= 0.6 is 12.4 Å². The van der Waals surface area contributed by atoms with Crippen LogP contribution in [0.25, 0.3) is 0 Å². The summed E-state index contributed by atoms with van der Waals surface area (Å²) >= 11 is 0. The van der Waals surface area contributed by atoms with Crippen LogP contribution in [0.4, 0.5) is 0 Å². The Morgan fingerprint density at radius 2 is 2.10 bits per heavy atom. The summed E-state index contributed by atoms with van der Waals surface area (Å²) < 4.78 is 5.18. The molecule has 1 heterocycles. The molecule has 0 aromatic carbocycles. The molecule has 0 spiro atoms. The molecule has 1 atom stereocenters. The summed E-state index contributed by atoms with van der Waals surface area (Å²) in [5.74, 6) is 0.881. The van der Waals surface area contributed by atoms with E-state index in [-0.39, 0.29) is 23.7 Å². The van der Waals surface area contributed by atoms with Crippen LogP contribution in [0.3, 0.4) is 0 Å². The number of rotatable bonds is 6. The van der Waals surface area contributed by atoms with Crippen molar-refractivity contribution < 1.29 is 9.53 Å². The Bertz CT molecular complexity index is 288. The van der Waals surface area contributed by atoms with E-state index in [4.69, 9.17) is 4.74 Å². The van der Waals surface area contributed by atoms with Crippen molar-refractivity contribution in [1.29, 1.82) is 0 Å². The topological polar surface area (TPSA) is 50.4 Å². The highest BCUT2D eigenvalue weighted by Crippen LogP contribution is 2.41. The number of halogens is 1. The lowest BCUT2D eigenvalue weighted by molar-refractivity contribution is -0.132. The molecule has 1 aliphatic carbocycles. The second-order valence-electron chi connectivity index (χ2n) is 6.15. The molecular weight excluding hydrogens is 276 g/mol. The molecule has 1 saturated heterocycles. The Hall–Kier alpha value is -0.320. The van der Waals surface area contributed by atoms with Gasteiger partial charge in [0.15, 0.2) is 0 Å². The molecule has 0 aromatic rings. The molecule has 1 aliphatic heterocycles. The second kappa shape index (κ2) is 8.85. The highest BCUT2D eigenvalue weighted by Gasteiger charge is 2.40. The van der Waals surface area contributed by atoms with E-state index in [0.717, 1.165) is 38.9 Å². The van der Waals surface area contributed by atoms with Crippen LogP contribution in [0, 0.1) is 11.3 Å². The number of amides is 1. The minimum Gasteiger partial charge on any atom is -0.385 e. The van der Waals surface area contributed by atoms with Gasteiger partial charge in [0.05, 0.1) is 5.41 Å². The molecule has 5 heteroatoms. The van der Waals surface area contributed by atoms with E-state index in [9.17, 15) is 4.79 Å². The quantitative estimate of drug-likeness (QED) is 0.790. The molecule has 4 nitrogen and oxygen atoms in total. The van der Waals surface area contributed by atoms with E-state index in [1.54, 1.807) is 7.11 Å². The van der Waals surface area contributed by atoms with Gasteiger partial charge in [-0.3, -0.25) is 4.79 Å². The molecule has 2 fully saturated rings. The number of methoxy groups -OCH3 is 1. The number of ether oxygens (including phenoxy) is 1. The zero-order chi connectivity index (χ0) is 13.6. The van der Waals surface area contributed by atoms with E-state index in [0.29, 0.717) is 12.5 Å². The predicted octanol–water partition coefficient (Wildman–Crippen LogP) is 2.12. The summed E-state index contributed by atoms with van der Waals surface area (Å²) in [6.07, 6.45) is 7.77. The Balaban J connectivity index is 0.00000200. The number of piperidine rings is 1. The lowest BCUT2D eigenvalue weighted by atomic mass is 9.81. The van der Waals surface area contributed by atoms with Crippen molar-refractivity contribution in [2.24, 2.45) is 11.3 Å². The zero-order valence-corrected chi connectivity index (χ0v) is 13.4. The van der Waals surface area contributed by atoms with Crippen molar-refractivity contribution in [1.82, 2.24) is 10.6 Å². The van der Waals surface area contributed by atoms with Gasteiger partial charge in [-0.05, 0) is 51.1 Å². The van der Waals surface area contributed by atoms with Gasteiger partial charge in [0, 0.05) is 20.3 Å². The Morgan fingerprint density at radius 1 is 1.35 bits per heavy atom. The van der Waals surface area contributed by atoms with Gasteiger partial charge in [0.25, 0.3) is 0 Å². The normalized spacial score (nSPS) is 24.9. The lowest BCUT2D eigenvalue weighted by Gasteiger charge is -2.29. The second-order valence-corrected chi connectivity index (χ2v) is 6.15. The van der Waals surface area contributed by atoms with E-state index in [1.807, 2.05) is 0 Å². The van der Waals surface area contributed by atoms with Gasteiger partial charge < -0.3 is 15.4 Å². The van der Waals surface area contributed by atoms with Crippen LogP contribution < -0.4 is 10.6 Å². The molecule has 2 rings (SSSR count). The van der Waals surface area contributed by atoms with E-state index >= 15 is 0 Å². The first-order valence-corrected chi connectivity index (χ1v) is 7.75. The molecule has 2 N–H and O–H groups in total. The summed E-state index contributed by atoms with van der Waals surface area (Å²) in [5, 5.41) is 6.61. The Kier molecular flexibility index (Phi) is 7.85. The highest BCUT2D eigenvalue weighted by atomic mass is 35.5. The third kappa shape index (κ3) is 4.61. The van der Waals surface area contributed by atoms with Gasteiger partial charge in [-0.25, -0.2) is 0 Å². The van der Waals surface area contributed by atoms with E-state index in [2.05, 4.69) is 10.6 Å². The molecule has 0 aromatic heterocycles. The van der Waals surface area contributed by atoms with E-state index < -0.39 is 0 Å². The number of hydrogen-bond donors (Lipinski definition) is 2. The fraction of sp³-hybridized carbons (Fsp3) is 0.933. The number of carbonyl (C=O) groups excluding carboxylic acids is 1. The minimum absolute atomic E-state index is 0. The minimum atomic E-state index is -0.141. The predicted molar refractivity (Wildman–Crippen MR) is 83.2 cm³/mol. The summed E-state index contributed by atoms with van der Waals surface area (Å²) in [6, 6.07) is 0. The van der Waals surface area contributed by atoms with Gasteiger partial charge in [-0.15, -0.1) is 12.4 Å². The number of hydrogen-bond acceptors (Lipinski definition) is 3. The van der Waals surface area contributed by atoms with Crippen LogP contribution in [0.2, 0.25) is 0 Å². The molecule has 2 aliphatic rings. The SMILES string of the molecule is COCCC1(C(=O)NCC2CCCNC2)CCCC1.Cl. The summed E-state index contributed by atoms with van der Waals surface area (Å²) in [6.45, 7) is 3.70. The average molecular weight is 305 g/mol. The van der Waals surface area contributed by atoms with Crippen LogP contribution in [0.15, 0.2) is 0 Å².